The first-order chi connectivity index (χ1) is 10.1. The number of benzene rings is 1. The van der Waals surface area contributed by atoms with Crippen LogP contribution in [-0.4, -0.2) is 11.0 Å². The molecule has 1 aliphatic carbocycles. The molecular weight excluding hydrogens is 267 g/mol. The Balaban J connectivity index is 1.72. The van der Waals surface area contributed by atoms with Crippen LogP contribution in [0.15, 0.2) is 30.5 Å². The molecule has 1 aromatic carbocycles. The van der Waals surface area contributed by atoms with Crippen molar-refractivity contribution < 1.29 is 9.13 Å². The van der Waals surface area contributed by atoms with Gasteiger partial charge in [0.25, 0.3) is 0 Å². The molecule has 3 nitrogen and oxygen atoms in total. The highest BCUT2D eigenvalue weighted by Crippen LogP contribution is 2.27. The maximum absolute atomic E-state index is 13.1. The Kier molecular flexibility index (Phi) is 3.88. The monoisotopic (exact) mass is 286 g/mol. The molecule has 1 saturated carbocycles. The molecule has 0 atom stereocenters. The van der Waals surface area contributed by atoms with Crippen molar-refractivity contribution in [2.45, 2.75) is 39.3 Å². The van der Waals surface area contributed by atoms with Gasteiger partial charge in [-0.2, -0.15) is 0 Å². The minimum atomic E-state index is -0.258. The van der Waals surface area contributed by atoms with Crippen LogP contribution in [0.25, 0.3) is 0 Å². The SMILES string of the molecule is Cc1cc(F)ccc1Oc1ncc(CNC2CC2)cc1C. The Morgan fingerprint density at radius 3 is 2.71 bits per heavy atom. The molecule has 1 aliphatic rings. The van der Waals surface area contributed by atoms with Crippen LogP contribution in [-0.2, 0) is 6.54 Å². The third-order valence-corrected chi connectivity index (χ3v) is 3.60. The molecule has 21 heavy (non-hydrogen) atoms. The summed E-state index contributed by atoms with van der Waals surface area (Å²) in [5.74, 6) is 0.946. The average molecular weight is 286 g/mol. The van der Waals surface area contributed by atoms with Crippen molar-refractivity contribution in [2.75, 3.05) is 0 Å². The van der Waals surface area contributed by atoms with Crippen molar-refractivity contribution in [3.05, 3.63) is 53.0 Å². The molecule has 0 bridgehead atoms. The molecule has 2 aromatic rings. The molecule has 1 aromatic heterocycles. The first kappa shape index (κ1) is 14.0. The summed E-state index contributed by atoms with van der Waals surface area (Å²) in [7, 11) is 0. The second kappa shape index (κ2) is 5.82. The zero-order valence-electron chi connectivity index (χ0n) is 12.3. The van der Waals surface area contributed by atoms with Gasteiger partial charge in [0, 0.05) is 24.3 Å². The molecule has 4 heteroatoms. The molecular formula is C17H19FN2O. The summed E-state index contributed by atoms with van der Waals surface area (Å²) < 4.78 is 18.9. The summed E-state index contributed by atoms with van der Waals surface area (Å²) in [4.78, 5) is 4.38. The second-order valence-corrected chi connectivity index (χ2v) is 5.63. The van der Waals surface area contributed by atoms with Crippen LogP contribution in [0.2, 0.25) is 0 Å². The van der Waals surface area contributed by atoms with Crippen LogP contribution < -0.4 is 10.1 Å². The largest absolute Gasteiger partial charge is 0.438 e. The zero-order chi connectivity index (χ0) is 14.8. The van der Waals surface area contributed by atoms with Crippen molar-refractivity contribution in [2.24, 2.45) is 0 Å². The summed E-state index contributed by atoms with van der Waals surface area (Å²) in [6, 6.07) is 7.25. The van der Waals surface area contributed by atoms with Gasteiger partial charge in [0.15, 0.2) is 0 Å². The highest BCUT2D eigenvalue weighted by atomic mass is 19.1. The summed E-state index contributed by atoms with van der Waals surface area (Å²) in [6.07, 6.45) is 4.38. The van der Waals surface area contributed by atoms with E-state index in [4.69, 9.17) is 4.74 Å². The fourth-order valence-electron chi connectivity index (χ4n) is 2.21. The van der Waals surface area contributed by atoms with E-state index in [1.165, 1.54) is 25.0 Å². The second-order valence-electron chi connectivity index (χ2n) is 5.63. The number of nitrogens with one attached hydrogen (secondary N) is 1. The lowest BCUT2D eigenvalue weighted by molar-refractivity contribution is 0.453. The normalized spacial score (nSPS) is 14.2. The number of aromatic nitrogens is 1. The summed E-state index contributed by atoms with van der Waals surface area (Å²) in [6.45, 7) is 4.64. The number of rotatable bonds is 5. The molecule has 0 spiro atoms. The minimum absolute atomic E-state index is 0.258. The van der Waals surface area contributed by atoms with Crippen molar-refractivity contribution in [3.8, 4) is 11.6 Å². The maximum atomic E-state index is 13.1. The molecule has 0 saturated heterocycles. The Morgan fingerprint density at radius 1 is 1.24 bits per heavy atom. The average Bonchev–Trinajstić information content (AvgIpc) is 3.26. The first-order valence-corrected chi connectivity index (χ1v) is 7.25. The number of hydrogen-bond donors (Lipinski definition) is 1. The number of hydrogen-bond acceptors (Lipinski definition) is 3. The highest BCUT2D eigenvalue weighted by Gasteiger charge is 2.20. The fourth-order valence-corrected chi connectivity index (χ4v) is 2.21. The van der Waals surface area contributed by atoms with Crippen molar-refractivity contribution in [1.82, 2.24) is 10.3 Å². The predicted molar refractivity (Wildman–Crippen MR) is 80.0 cm³/mol. The molecule has 1 N–H and O–H groups in total. The smallest absolute Gasteiger partial charge is 0.222 e. The van der Waals surface area contributed by atoms with E-state index in [0.717, 1.165) is 23.2 Å². The van der Waals surface area contributed by atoms with Crippen molar-refractivity contribution in [3.63, 3.8) is 0 Å². The number of pyridine rings is 1. The molecule has 1 heterocycles. The lowest BCUT2D eigenvalue weighted by Crippen LogP contribution is -2.15. The van der Waals surface area contributed by atoms with Gasteiger partial charge in [0.05, 0.1) is 0 Å². The lowest BCUT2D eigenvalue weighted by atomic mass is 10.2. The van der Waals surface area contributed by atoms with Crippen molar-refractivity contribution in [1.29, 1.82) is 0 Å². The van der Waals surface area contributed by atoms with Gasteiger partial charge < -0.3 is 10.1 Å². The fraction of sp³-hybridized carbons (Fsp3) is 0.353. The molecule has 3 rings (SSSR count). The number of aryl methyl sites for hydroxylation is 2. The Bertz CT molecular complexity index is 653. The Morgan fingerprint density at radius 2 is 2.05 bits per heavy atom. The molecule has 110 valence electrons. The standard InChI is InChI=1S/C17H19FN2O/c1-11-8-14(18)3-6-16(11)21-17-12(2)7-13(10-20-17)9-19-15-4-5-15/h3,6-8,10,15,19H,4-5,9H2,1-2H3. The van der Waals surface area contributed by atoms with E-state index in [2.05, 4.69) is 16.4 Å². The Labute approximate surface area is 124 Å². The van der Waals surface area contributed by atoms with Crippen LogP contribution in [0.4, 0.5) is 4.39 Å². The van der Waals surface area contributed by atoms with E-state index >= 15 is 0 Å². The van der Waals surface area contributed by atoms with Gasteiger partial charge in [0.1, 0.15) is 11.6 Å². The van der Waals surface area contributed by atoms with E-state index < -0.39 is 0 Å². The van der Waals surface area contributed by atoms with Gasteiger partial charge in [-0.05, 0) is 62.1 Å². The minimum Gasteiger partial charge on any atom is -0.438 e. The van der Waals surface area contributed by atoms with Crippen LogP contribution in [0, 0.1) is 19.7 Å². The van der Waals surface area contributed by atoms with E-state index in [9.17, 15) is 4.39 Å². The van der Waals surface area contributed by atoms with Crippen LogP contribution in [0.1, 0.15) is 29.5 Å². The molecule has 1 fully saturated rings. The molecule has 0 amide bonds. The van der Waals surface area contributed by atoms with Crippen LogP contribution >= 0.6 is 0 Å². The van der Waals surface area contributed by atoms with Gasteiger partial charge in [-0.3, -0.25) is 0 Å². The van der Waals surface area contributed by atoms with Crippen LogP contribution in [0.5, 0.6) is 11.6 Å². The summed E-state index contributed by atoms with van der Waals surface area (Å²) in [5, 5.41) is 3.46. The topological polar surface area (TPSA) is 34.1 Å². The van der Waals surface area contributed by atoms with Crippen LogP contribution in [0.3, 0.4) is 0 Å². The zero-order valence-corrected chi connectivity index (χ0v) is 12.3. The van der Waals surface area contributed by atoms with Gasteiger partial charge in [0.2, 0.25) is 5.88 Å². The number of nitrogens with zero attached hydrogens (tertiary/aromatic N) is 1. The Hall–Kier alpha value is -1.94. The third kappa shape index (κ3) is 3.58. The van der Waals surface area contributed by atoms with Gasteiger partial charge >= 0.3 is 0 Å². The van der Waals surface area contributed by atoms with E-state index in [0.29, 0.717) is 17.7 Å². The van der Waals surface area contributed by atoms with Gasteiger partial charge in [-0.1, -0.05) is 0 Å². The quantitative estimate of drug-likeness (QED) is 0.905. The van der Waals surface area contributed by atoms with E-state index in [1.54, 1.807) is 6.07 Å². The molecule has 0 unspecified atom stereocenters. The summed E-state index contributed by atoms with van der Waals surface area (Å²) >= 11 is 0. The first-order valence-electron chi connectivity index (χ1n) is 7.25. The number of halogens is 1. The third-order valence-electron chi connectivity index (χ3n) is 3.60. The van der Waals surface area contributed by atoms with Crippen molar-refractivity contribution >= 4 is 0 Å². The lowest BCUT2D eigenvalue weighted by Gasteiger charge is -2.11. The molecule has 0 aliphatic heterocycles. The molecule has 0 radical (unpaired) electrons. The summed E-state index contributed by atoms with van der Waals surface area (Å²) in [5.41, 5.74) is 2.90. The van der Waals surface area contributed by atoms with E-state index in [-0.39, 0.29) is 5.82 Å². The maximum Gasteiger partial charge on any atom is 0.222 e. The van der Waals surface area contributed by atoms with Gasteiger partial charge in [-0.15, -0.1) is 0 Å². The van der Waals surface area contributed by atoms with E-state index in [1.807, 2.05) is 20.0 Å². The highest BCUT2D eigenvalue weighted by molar-refractivity contribution is 5.38. The predicted octanol–water partition coefficient (Wildman–Crippen LogP) is 3.88. The number of ether oxygens (including phenoxy) is 1. The van der Waals surface area contributed by atoms with Gasteiger partial charge in [-0.25, -0.2) is 9.37 Å².